The molecule has 2 rings (SSSR count). The standard InChI is InChI=1S/C11H12BrNO3/c12-9-3-5-10(6-4-9)15-16-11(14)13-7-1-2-8-13/h3-6H,1-2,7-8H2. The fraction of sp³-hybridized carbons (Fsp3) is 0.364. The third-order valence-corrected chi connectivity index (χ3v) is 2.92. The average Bonchev–Trinajstić information content (AvgIpc) is 2.81. The number of halogens is 1. The SMILES string of the molecule is O=C(OOc1ccc(Br)cc1)N1CCCC1. The first-order valence-electron chi connectivity index (χ1n) is 5.15. The molecule has 0 atom stereocenters. The maximum atomic E-state index is 11.5. The van der Waals surface area contributed by atoms with Crippen molar-refractivity contribution >= 4 is 22.0 Å². The van der Waals surface area contributed by atoms with Gasteiger partial charge in [-0.15, -0.1) is 0 Å². The van der Waals surface area contributed by atoms with Crippen molar-refractivity contribution in [1.29, 1.82) is 0 Å². The first-order valence-corrected chi connectivity index (χ1v) is 5.94. The van der Waals surface area contributed by atoms with Crippen LogP contribution in [-0.2, 0) is 4.89 Å². The third kappa shape index (κ3) is 2.88. The second kappa shape index (κ2) is 5.21. The third-order valence-electron chi connectivity index (χ3n) is 2.39. The first kappa shape index (κ1) is 11.3. The Morgan fingerprint density at radius 3 is 2.44 bits per heavy atom. The van der Waals surface area contributed by atoms with Crippen molar-refractivity contribution in [2.45, 2.75) is 12.8 Å². The zero-order chi connectivity index (χ0) is 11.4. The van der Waals surface area contributed by atoms with Crippen LogP contribution >= 0.6 is 15.9 Å². The highest BCUT2D eigenvalue weighted by Gasteiger charge is 2.20. The fourth-order valence-electron chi connectivity index (χ4n) is 1.53. The molecule has 1 aromatic carbocycles. The summed E-state index contributed by atoms with van der Waals surface area (Å²) in [6.07, 6.45) is 1.65. The lowest BCUT2D eigenvalue weighted by Crippen LogP contribution is -2.29. The summed E-state index contributed by atoms with van der Waals surface area (Å²) in [5.41, 5.74) is 0. The van der Waals surface area contributed by atoms with Crippen LogP contribution in [0.4, 0.5) is 4.79 Å². The second-order valence-corrected chi connectivity index (χ2v) is 4.50. The van der Waals surface area contributed by atoms with E-state index in [1.165, 1.54) is 0 Å². The molecule has 1 aliphatic rings. The molecule has 4 nitrogen and oxygen atoms in total. The molecule has 0 N–H and O–H groups in total. The highest BCUT2D eigenvalue weighted by Crippen LogP contribution is 2.17. The van der Waals surface area contributed by atoms with E-state index in [1.807, 2.05) is 12.1 Å². The van der Waals surface area contributed by atoms with Crippen LogP contribution in [0.5, 0.6) is 5.75 Å². The van der Waals surface area contributed by atoms with Crippen LogP contribution in [0, 0.1) is 0 Å². The van der Waals surface area contributed by atoms with Crippen LogP contribution in [0.25, 0.3) is 0 Å². The number of carbonyl (C=O) groups excluding carboxylic acids is 1. The van der Waals surface area contributed by atoms with E-state index in [0.717, 1.165) is 30.4 Å². The van der Waals surface area contributed by atoms with Crippen LogP contribution in [0.2, 0.25) is 0 Å². The molecule has 0 saturated carbocycles. The second-order valence-electron chi connectivity index (χ2n) is 3.58. The lowest BCUT2D eigenvalue weighted by Gasteiger charge is -2.13. The van der Waals surface area contributed by atoms with E-state index in [9.17, 15) is 4.79 Å². The van der Waals surface area contributed by atoms with Crippen LogP contribution in [0.15, 0.2) is 28.7 Å². The number of hydrogen-bond acceptors (Lipinski definition) is 3. The van der Waals surface area contributed by atoms with Crippen molar-refractivity contribution in [3.63, 3.8) is 0 Å². The van der Waals surface area contributed by atoms with Gasteiger partial charge in [-0.1, -0.05) is 15.9 Å². The van der Waals surface area contributed by atoms with E-state index >= 15 is 0 Å². The number of amides is 1. The maximum absolute atomic E-state index is 11.5. The average molecular weight is 286 g/mol. The van der Waals surface area contributed by atoms with Crippen molar-refractivity contribution < 1.29 is 14.6 Å². The van der Waals surface area contributed by atoms with Gasteiger partial charge in [0.05, 0.1) is 0 Å². The van der Waals surface area contributed by atoms with Crippen molar-refractivity contribution in [1.82, 2.24) is 4.90 Å². The Morgan fingerprint density at radius 1 is 1.19 bits per heavy atom. The highest BCUT2D eigenvalue weighted by atomic mass is 79.9. The molecule has 16 heavy (non-hydrogen) atoms. The van der Waals surface area contributed by atoms with Gasteiger partial charge in [0.15, 0.2) is 5.75 Å². The predicted molar refractivity (Wildman–Crippen MR) is 62.1 cm³/mol. The van der Waals surface area contributed by atoms with E-state index in [0.29, 0.717) is 5.75 Å². The summed E-state index contributed by atoms with van der Waals surface area (Å²) in [4.78, 5) is 22.7. The highest BCUT2D eigenvalue weighted by molar-refractivity contribution is 9.10. The van der Waals surface area contributed by atoms with Gasteiger partial charge in [0.2, 0.25) is 0 Å². The molecule has 1 fully saturated rings. The molecule has 0 aromatic heterocycles. The summed E-state index contributed by atoms with van der Waals surface area (Å²) >= 11 is 3.31. The molecule has 1 saturated heterocycles. The summed E-state index contributed by atoms with van der Waals surface area (Å²) in [6.45, 7) is 1.51. The molecule has 0 radical (unpaired) electrons. The molecule has 1 amide bonds. The number of carbonyl (C=O) groups is 1. The Bertz CT molecular complexity index is 360. The van der Waals surface area contributed by atoms with E-state index in [2.05, 4.69) is 15.9 Å². The normalized spacial score (nSPS) is 14.9. The molecule has 1 aromatic rings. The molecule has 5 heteroatoms. The molecule has 0 unspecified atom stereocenters. The molecule has 0 bridgehead atoms. The minimum Gasteiger partial charge on any atom is -0.305 e. The quantitative estimate of drug-likeness (QED) is 0.619. The number of nitrogens with zero attached hydrogens (tertiary/aromatic N) is 1. The van der Waals surface area contributed by atoms with Crippen molar-refractivity contribution in [2.24, 2.45) is 0 Å². The maximum Gasteiger partial charge on any atom is 0.452 e. The van der Waals surface area contributed by atoms with Gasteiger partial charge in [0.25, 0.3) is 0 Å². The van der Waals surface area contributed by atoms with E-state index in [4.69, 9.17) is 9.78 Å². The largest absolute Gasteiger partial charge is 0.452 e. The molecule has 0 aliphatic carbocycles. The molecular formula is C11H12BrNO3. The van der Waals surface area contributed by atoms with Gasteiger partial charge >= 0.3 is 6.09 Å². The summed E-state index contributed by atoms with van der Waals surface area (Å²) in [5, 5.41) is 0. The number of rotatable bonds is 2. The molecule has 1 heterocycles. The lowest BCUT2D eigenvalue weighted by molar-refractivity contribution is -0.152. The van der Waals surface area contributed by atoms with Gasteiger partial charge in [0, 0.05) is 17.6 Å². The number of hydrogen-bond donors (Lipinski definition) is 0. The van der Waals surface area contributed by atoms with Gasteiger partial charge in [-0.25, -0.2) is 9.68 Å². The Morgan fingerprint density at radius 2 is 1.81 bits per heavy atom. The van der Waals surface area contributed by atoms with Gasteiger partial charge in [-0.3, -0.25) is 4.89 Å². The van der Waals surface area contributed by atoms with E-state index in [1.54, 1.807) is 17.0 Å². The molecule has 86 valence electrons. The zero-order valence-corrected chi connectivity index (χ0v) is 10.3. The Balaban J connectivity index is 1.82. The predicted octanol–water partition coefficient (Wildman–Crippen LogP) is 2.98. The number of likely N-dealkylation sites (tertiary alicyclic amines) is 1. The van der Waals surface area contributed by atoms with Crippen molar-refractivity contribution in [3.8, 4) is 5.75 Å². The number of benzene rings is 1. The minimum absolute atomic E-state index is 0.416. The van der Waals surface area contributed by atoms with Gasteiger partial charge in [-0.05, 0) is 37.1 Å². The summed E-state index contributed by atoms with van der Waals surface area (Å²) < 4.78 is 0.950. The van der Waals surface area contributed by atoms with E-state index in [-0.39, 0.29) is 0 Å². The summed E-state index contributed by atoms with van der Waals surface area (Å²) in [7, 11) is 0. The monoisotopic (exact) mass is 285 g/mol. The Labute approximate surface area is 102 Å². The smallest absolute Gasteiger partial charge is 0.305 e. The van der Waals surface area contributed by atoms with Gasteiger partial charge < -0.3 is 4.90 Å². The topological polar surface area (TPSA) is 38.8 Å². The molecular weight excluding hydrogens is 274 g/mol. The van der Waals surface area contributed by atoms with Crippen molar-refractivity contribution in [2.75, 3.05) is 13.1 Å². The Kier molecular flexibility index (Phi) is 3.66. The van der Waals surface area contributed by atoms with Crippen LogP contribution in [0.1, 0.15) is 12.8 Å². The Hall–Kier alpha value is -1.23. The van der Waals surface area contributed by atoms with Gasteiger partial charge in [-0.2, -0.15) is 0 Å². The molecule has 1 aliphatic heterocycles. The molecule has 0 spiro atoms. The minimum atomic E-state index is -0.416. The van der Waals surface area contributed by atoms with Crippen molar-refractivity contribution in [3.05, 3.63) is 28.7 Å². The van der Waals surface area contributed by atoms with Crippen LogP contribution < -0.4 is 4.89 Å². The summed E-state index contributed by atoms with van der Waals surface area (Å²) in [5.74, 6) is 0.510. The first-order chi connectivity index (χ1) is 7.75. The summed E-state index contributed by atoms with van der Waals surface area (Å²) in [6, 6.07) is 7.08. The lowest BCUT2D eigenvalue weighted by atomic mass is 10.3. The van der Waals surface area contributed by atoms with Crippen LogP contribution in [0.3, 0.4) is 0 Å². The van der Waals surface area contributed by atoms with Crippen LogP contribution in [-0.4, -0.2) is 24.1 Å². The zero-order valence-electron chi connectivity index (χ0n) is 8.69. The fourth-order valence-corrected chi connectivity index (χ4v) is 1.79. The van der Waals surface area contributed by atoms with E-state index < -0.39 is 6.09 Å². The van der Waals surface area contributed by atoms with Gasteiger partial charge in [0.1, 0.15) is 0 Å².